The molecule has 0 bridgehead atoms. The van der Waals surface area contributed by atoms with Crippen LogP contribution in [-0.4, -0.2) is 37.0 Å². The molecule has 136 valence electrons. The highest BCUT2D eigenvalue weighted by Gasteiger charge is 2.30. The van der Waals surface area contributed by atoms with Gasteiger partial charge in [-0.15, -0.1) is 0 Å². The summed E-state index contributed by atoms with van der Waals surface area (Å²) in [5.74, 6) is -0.294. The molecule has 0 aromatic heterocycles. The van der Waals surface area contributed by atoms with Crippen molar-refractivity contribution in [2.24, 2.45) is 5.73 Å². The van der Waals surface area contributed by atoms with Crippen LogP contribution in [0.1, 0.15) is 17.5 Å². The van der Waals surface area contributed by atoms with E-state index in [1.807, 2.05) is 42.5 Å². The molecule has 1 fully saturated rings. The Labute approximate surface area is 153 Å². The molecule has 6 heteroatoms. The molecule has 5 N–H and O–H groups in total. The largest absolute Gasteiger partial charge is 0.351 e. The lowest BCUT2D eigenvalue weighted by molar-refractivity contribution is -0.121. The van der Waals surface area contributed by atoms with Crippen LogP contribution in [0.5, 0.6) is 0 Å². The number of anilines is 1. The second-order valence-corrected chi connectivity index (χ2v) is 6.51. The highest BCUT2D eigenvalue weighted by atomic mass is 16.2. The third-order valence-corrected chi connectivity index (χ3v) is 4.47. The molecular formula is C20H24N4O2. The van der Waals surface area contributed by atoms with E-state index in [2.05, 4.69) is 28.1 Å². The minimum absolute atomic E-state index is 0.0390. The van der Waals surface area contributed by atoms with Crippen LogP contribution in [0.25, 0.3) is 0 Å². The van der Waals surface area contributed by atoms with Crippen LogP contribution in [0.2, 0.25) is 0 Å². The molecule has 0 radical (unpaired) electrons. The molecule has 26 heavy (non-hydrogen) atoms. The van der Waals surface area contributed by atoms with Crippen LogP contribution in [-0.2, 0) is 16.0 Å². The van der Waals surface area contributed by atoms with E-state index in [0.29, 0.717) is 13.0 Å². The van der Waals surface area contributed by atoms with Gasteiger partial charge in [-0.1, -0.05) is 42.5 Å². The monoisotopic (exact) mass is 352 g/mol. The third kappa shape index (κ3) is 4.91. The molecule has 1 aliphatic rings. The summed E-state index contributed by atoms with van der Waals surface area (Å²) in [5, 5.41) is 8.86. The molecule has 2 amide bonds. The molecular weight excluding hydrogens is 328 g/mol. The standard InChI is InChI=1S/C20H24N4O2/c21-12-19(25)23-17-11-18(22-13-17)20(26)24-16-8-6-15(7-9-16)10-14-4-2-1-3-5-14/h1-9,17-18,22H,10-13,21H2,(H,23,25)(H,24,26)/t17-,18+/m1/s1. The molecule has 2 aromatic carbocycles. The maximum absolute atomic E-state index is 12.4. The summed E-state index contributed by atoms with van der Waals surface area (Å²) >= 11 is 0. The van der Waals surface area contributed by atoms with Gasteiger partial charge in [-0.3, -0.25) is 9.59 Å². The van der Waals surface area contributed by atoms with Crippen molar-refractivity contribution < 1.29 is 9.59 Å². The fraction of sp³-hybridized carbons (Fsp3) is 0.300. The Kier molecular flexibility index (Phi) is 5.99. The van der Waals surface area contributed by atoms with Crippen LogP contribution in [0.15, 0.2) is 54.6 Å². The van der Waals surface area contributed by atoms with E-state index in [-0.39, 0.29) is 30.4 Å². The Hall–Kier alpha value is -2.70. The van der Waals surface area contributed by atoms with E-state index in [1.165, 1.54) is 11.1 Å². The Balaban J connectivity index is 1.51. The van der Waals surface area contributed by atoms with E-state index in [4.69, 9.17) is 5.73 Å². The highest BCUT2D eigenvalue weighted by molar-refractivity contribution is 5.95. The summed E-state index contributed by atoms with van der Waals surface area (Å²) in [4.78, 5) is 23.7. The maximum atomic E-state index is 12.4. The van der Waals surface area contributed by atoms with E-state index in [9.17, 15) is 9.59 Å². The number of carbonyl (C=O) groups is 2. The highest BCUT2D eigenvalue weighted by Crippen LogP contribution is 2.15. The Morgan fingerprint density at radius 2 is 1.73 bits per heavy atom. The first kappa shape index (κ1) is 18.1. The second-order valence-electron chi connectivity index (χ2n) is 6.51. The zero-order valence-electron chi connectivity index (χ0n) is 14.6. The van der Waals surface area contributed by atoms with Crippen molar-refractivity contribution in [3.8, 4) is 0 Å². The maximum Gasteiger partial charge on any atom is 0.241 e. The molecule has 1 heterocycles. The Bertz CT molecular complexity index is 746. The summed E-state index contributed by atoms with van der Waals surface area (Å²) in [5.41, 5.74) is 8.51. The minimum atomic E-state index is -0.318. The molecule has 0 aliphatic carbocycles. The van der Waals surface area contributed by atoms with E-state index in [0.717, 1.165) is 12.1 Å². The lowest BCUT2D eigenvalue weighted by Crippen LogP contribution is -2.39. The molecule has 2 atom stereocenters. The average Bonchev–Trinajstić information content (AvgIpc) is 3.12. The smallest absolute Gasteiger partial charge is 0.241 e. The number of nitrogens with one attached hydrogen (secondary N) is 3. The van der Waals surface area contributed by atoms with E-state index in [1.54, 1.807) is 0 Å². The van der Waals surface area contributed by atoms with E-state index < -0.39 is 0 Å². The zero-order valence-corrected chi connectivity index (χ0v) is 14.6. The first-order valence-corrected chi connectivity index (χ1v) is 8.80. The van der Waals surface area contributed by atoms with Crippen molar-refractivity contribution in [1.29, 1.82) is 0 Å². The van der Waals surface area contributed by atoms with Gasteiger partial charge in [0.1, 0.15) is 0 Å². The van der Waals surface area contributed by atoms with Gasteiger partial charge in [0.05, 0.1) is 12.6 Å². The quantitative estimate of drug-likeness (QED) is 0.624. The zero-order chi connectivity index (χ0) is 18.4. The number of hydrogen-bond donors (Lipinski definition) is 4. The Morgan fingerprint density at radius 3 is 2.42 bits per heavy atom. The fourth-order valence-electron chi connectivity index (χ4n) is 3.10. The van der Waals surface area contributed by atoms with Crippen LogP contribution in [0.4, 0.5) is 5.69 Å². The predicted molar refractivity (Wildman–Crippen MR) is 102 cm³/mol. The van der Waals surface area contributed by atoms with Crippen molar-refractivity contribution in [2.75, 3.05) is 18.4 Å². The fourth-order valence-corrected chi connectivity index (χ4v) is 3.10. The third-order valence-electron chi connectivity index (χ3n) is 4.47. The molecule has 1 saturated heterocycles. The average molecular weight is 352 g/mol. The molecule has 0 unspecified atom stereocenters. The number of carbonyl (C=O) groups excluding carboxylic acids is 2. The van der Waals surface area contributed by atoms with Gasteiger partial charge in [-0.2, -0.15) is 0 Å². The predicted octanol–water partition coefficient (Wildman–Crippen LogP) is 1.02. The molecule has 2 aromatic rings. The van der Waals surface area contributed by atoms with Gasteiger partial charge in [0, 0.05) is 18.3 Å². The van der Waals surface area contributed by atoms with Gasteiger partial charge in [-0.25, -0.2) is 0 Å². The minimum Gasteiger partial charge on any atom is -0.351 e. The van der Waals surface area contributed by atoms with E-state index >= 15 is 0 Å². The SMILES string of the molecule is NCC(=O)N[C@H]1CN[C@H](C(=O)Nc2ccc(Cc3ccccc3)cc2)C1. The molecule has 1 aliphatic heterocycles. The number of benzene rings is 2. The van der Waals surface area contributed by atoms with Crippen LogP contribution < -0.4 is 21.7 Å². The van der Waals surface area contributed by atoms with Crippen LogP contribution in [0, 0.1) is 0 Å². The summed E-state index contributed by atoms with van der Waals surface area (Å²) in [6.45, 7) is 0.530. The Morgan fingerprint density at radius 1 is 1.04 bits per heavy atom. The molecule has 3 rings (SSSR count). The summed E-state index contributed by atoms with van der Waals surface area (Å²) in [6.07, 6.45) is 1.42. The van der Waals surface area contributed by atoms with Gasteiger partial charge < -0.3 is 21.7 Å². The topological polar surface area (TPSA) is 96.2 Å². The van der Waals surface area contributed by atoms with Crippen molar-refractivity contribution in [2.45, 2.75) is 24.9 Å². The van der Waals surface area contributed by atoms with Gasteiger partial charge in [-0.05, 0) is 36.1 Å². The lowest BCUT2D eigenvalue weighted by Gasteiger charge is -2.13. The van der Waals surface area contributed by atoms with Crippen molar-refractivity contribution in [1.82, 2.24) is 10.6 Å². The van der Waals surface area contributed by atoms with Gasteiger partial charge in [0.15, 0.2) is 0 Å². The number of hydrogen-bond acceptors (Lipinski definition) is 4. The first-order chi connectivity index (χ1) is 12.6. The summed E-state index contributed by atoms with van der Waals surface area (Å²) in [6, 6.07) is 17.8. The molecule has 0 saturated carbocycles. The van der Waals surface area contributed by atoms with Gasteiger partial charge in [0.2, 0.25) is 11.8 Å². The summed E-state index contributed by atoms with van der Waals surface area (Å²) in [7, 11) is 0. The van der Waals surface area contributed by atoms with Crippen LogP contribution >= 0.6 is 0 Å². The first-order valence-electron chi connectivity index (χ1n) is 8.80. The molecule has 6 nitrogen and oxygen atoms in total. The number of amides is 2. The van der Waals surface area contributed by atoms with Crippen molar-refractivity contribution >= 4 is 17.5 Å². The lowest BCUT2D eigenvalue weighted by atomic mass is 10.0. The van der Waals surface area contributed by atoms with Gasteiger partial charge >= 0.3 is 0 Å². The normalized spacial score (nSPS) is 19.1. The number of nitrogens with two attached hydrogens (primary N) is 1. The van der Waals surface area contributed by atoms with Gasteiger partial charge in [0.25, 0.3) is 0 Å². The van der Waals surface area contributed by atoms with Crippen molar-refractivity contribution in [3.05, 3.63) is 65.7 Å². The number of rotatable bonds is 6. The molecule has 0 spiro atoms. The summed E-state index contributed by atoms with van der Waals surface area (Å²) < 4.78 is 0. The van der Waals surface area contributed by atoms with Crippen molar-refractivity contribution in [3.63, 3.8) is 0 Å². The van der Waals surface area contributed by atoms with Crippen LogP contribution in [0.3, 0.4) is 0 Å². The second kappa shape index (κ2) is 8.60.